The number of carbonyl (C=O) groups is 2. The Morgan fingerprint density at radius 1 is 0.914 bits per heavy atom. The third-order valence-electron chi connectivity index (χ3n) is 5.38. The lowest BCUT2D eigenvalue weighted by Crippen LogP contribution is -2.22. The van der Waals surface area contributed by atoms with E-state index in [9.17, 15) is 9.59 Å². The Labute approximate surface area is 214 Å². The summed E-state index contributed by atoms with van der Waals surface area (Å²) in [6.45, 7) is 5.94. The van der Waals surface area contributed by atoms with Gasteiger partial charge in [-0.3, -0.25) is 9.59 Å². The lowest BCUT2D eigenvalue weighted by Gasteiger charge is -2.11. The quantitative estimate of drug-likeness (QED) is 0.263. The van der Waals surface area contributed by atoms with Crippen LogP contribution < -0.4 is 10.6 Å². The van der Waals surface area contributed by atoms with Gasteiger partial charge in [-0.1, -0.05) is 60.2 Å². The van der Waals surface area contributed by atoms with Gasteiger partial charge in [0.05, 0.1) is 17.4 Å². The Hall–Kier alpha value is -3.42. The number of thiazole rings is 1. The van der Waals surface area contributed by atoms with E-state index in [1.165, 1.54) is 28.7 Å². The minimum atomic E-state index is -0.305. The molecule has 0 radical (unpaired) electrons. The predicted octanol–water partition coefficient (Wildman–Crippen LogP) is 6.73. The molecule has 5 nitrogen and oxygen atoms in total. The Morgan fingerprint density at radius 2 is 1.60 bits per heavy atom. The monoisotopic (exact) mass is 501 g/mol. The molecule has 3 aromatic carbocycles. The van der Waals surface area contributed by atoms with Crippen molar-refractivity contribution in [2.45, 2.75) is 37.3 Å². The van der Waals surface area contributed by atoms with Gasteiger partial charge in [0.2, 0.25) is 11.8 Å². The van der Waals surface area contributed by atoms with Crippen molar-refractivity contribution in [1.82, 2.24) is 4.98 Å². The molecule has 2 amide bonds. The maximum atomic E-state index is 12.8. The third-order valence-corrected chi connectivity index (χ3v) is 7.38. The molecule has 4 rings (SSSR count). The highest BCUT2D eigenvalue weighted by molar-refractivity contribution is 8.00. The summed E-state index contributed by atoms with van der Waals surface area (Å²) in [7, 11) is 0. The van der Waals surface area contributed by atoms with Crippen LogP contribution in [0.25, 0.3) is 11.3 Å². The highest BCUT2D eigenvalue weighted by Gasteiger charge is 2.18. The number of rotatable bonds is 8. The molecule has 1 aromatic heterocycles. The van der Waals surface area contributed by atoms with E-state index in [2.05, 4.69) is 46.8 Å². The summed E-state index contributed by atoms with van der Waals surface area (Å²) in [6, 6.07) is 25.4. The molecule has 35 heavy (non-hydrogen) atoms. The van der Waals surface area contributed by atoms with E-state index in [-0.39, 0.29) is 17.1 Å². The van der Waals surface area contributed by atoms with Gasteiger partial charge in [-0.25, -0.2) is 4.98 Å². The average Bonchev–Trinajstić information content (AvgIpc) is 3.21. The molecule has 7 heteroatoms. The summed E-state index contributed by atoms with van der Waals surface area (Å²) in [5.74, 6) is -0.160. The molecule has 4 aromatic rings. The molecule has 2 N–H and O–H groups in total. The van der Waals surface area contributed by atoms with E-state index in [1.54, 1.807) is 0 Å². The first kappa shape index (κ1) is 24.7. The number of hydrogen-bond donors (Lipinski definition) is 2. The molecule has 0 spiro atoms. The van der Waals surface area contributed by atoms with Crippen LogP contribution in [-0.2, 0) is 16.0 Å². The highest BCUT2D eigenvalue weighted by atomic mass is 32.2. The molecule has 0 fully saturated rings. The summed E-state index contributed by atoms with van der Waals surface area (Å²) >= 11 is 2.94. The zero-order valence-corrected chi connectivity index (χ0v) is 21.5. The van der Waals surface area contributed by atoms with Gasteiger partial charge < -0.3 is 10.6 Å². The first-order chi connectivity index (χ1) is 16.9. The zero-order chi connectivity index (χ0) is 24.8. The van der Waals surface area contributed by atoms with Gasteiger partial charge in [-0.05, 0) is 50.6 Å². The van der Waals surface area contributed by atoms with Gasteiger partial charge in [0.1, 0.15) is 0 Å². The Morgan fingerprint density at radius 3 is 2.29 bits per heavy atom. The minimum absolute atomic E-state index is 0.0619. The van der Waals surface area contributed by atoms with E-state index in [1.807, 2.05) is 68.4 Å². The van der Waals surface area contributed by atoms with Gasteiger partial charge in [0.25, 0.3) is 0 Å². The smallest absolute Gasteiger partial charge is 0.239 e. The number of thioether (sulfide) groups is 1. The maximum Gasteiger partial charge on any atom is 0.239 e. The van der Waals surface area contributed by atoms with Crippen LogP contribution in [0.4, 0.5) is 10.8 Å². The van der Waals surface area contributed by atoms with Crippen LogP contribution >= 0.6 is 23.1 Å². The van der Waals surface area contributed by atoms with Gasteiger partial charge in [-0.2, -0.15) is 0 Å². The van der Waals surface area contributed by atoms with Crippen LogP contribution in [0.2, 0.25) is 0 Å². The van der Waals surface area contributed by atoms with Crippen molar-refractivity contribution in [3.63, 3.8) is 0 Å². The molecule has 1 heterocycles. The van der Waals surface area contributed by atoms with Gasteiger partial charge in [0.15, 0.2) is 5.13 Å². The minimum Gasteiger partial charge on any atom is -0.326 e. The fourth-order valence-corrected chi connectivity index (χ4v) is 5.20. The van der Waals surface area contributed by atoms with E-state index in [0.717, 1.165) is 32.3 Å². The van der Waals surface area contributed by atoms with Crippen molar-refractivity contribution in [1.29, 1.82) is 0 Å². The number of hydrogen-bond acceptors (Lipinski definition) is 5. The molecule has 0 bridgehead atoms. The number of aryl methyl sites for hydroxylation is 2. The summed E-state index contributed by atoms with van der Waals surface area (Å²) in [5, 5.41) is 6.17. The number of benzene rings is 3. The number of nitrogens with one attached hydrogen (secondary N) is 2. The van der Waals surface area contributed by atoms with Crippen LogP contribution in [0.5, 0.6) is 0 Å². The molecular formula is C28H27N3O2S2. The lowest BCUT2D eigenvalue weighted by molar-refractivity contribution is -0.116. The van der Waals surface area contributed by atoms with Crippen LogP contribution in [0.3, 0.4) is 0 Å². The van der Waals surface area contributed by atoms with Crippen molar-refractivity contribution in [2.24, 2.45) is 0 Å². The number of nitrogens with zero attached hydrogens (tertiary/aromatic N) is 1. The number of anilines is 2. The first-order valence-corrected chi connectivity index (χ1v) is 13.0. The van der Waals surface area contributed by atoms with Crippen LogP contribution in [0.15, 0.2) is 83.8 Å². The van der Waals surface area contributed by atoms with Crippen molar-refractivity contribution < 1.29 is 9.59 Å². The second-order valence-electron chi connectivity index (χ2n) is 8.27. The van der Waals surface area contributed by atoms with Crippen molar-refractivity contribution in [3.8, 4) is 11.3 Å². The van der Waals surface area contributed by atoms with Crippen LogP contribution in [-0.4, -0.2) is 22.0 Å². The molecule has 0 saturated heterocycles. The molecular weight excluding hydrogens is 474 g/mol. The summed E-state index contributed by atoms with van der Waals surface area (Å²) < 4.78 is 0. The molecule has 0 saturated carbocycles. The van der Waals surface area contributed by atoms with Crippen molar-refractivity contribution in [3.05, 3.63) is 94.9 Å². The Kier molecular flexibility index (Phi) is 8.00. The summed E-state index contributed by atoms with van der Waals surface area (Å²) in [4.78, 5) is 31.7. The lowest BCUT2D eigenvalue weighted by atomic mass is 10.1. The van der Waals surface area contributed by atoms with Crippen molar-refractivity contribution >= 4 is 45.7 Å². The maximum absolute atomic E-state index is 12.8. The van der Waals surface area contributed by atoms with E-state index >= 15 is 0 Å². The second-order valence-corrected chi connectivity index (χ2v) is 10.9. The summed E-state index contributed by atoms with van der Waals surface area (Å²) in [6.07, 6.45) is 0.330. The Balaban J connectivity index is 1.31. The number of carbonyl (C=O) groups excluding carboxylic acids is 2. The van der Waals surface area contributed by atoms with Gasteiger partial charge in [0, 0.05) is 21.0 Å². The normalized spacial score (nSPS) is 11.6. The molecule has 1 unspecified atom stereocenters. The average molecular weight is 502 g/mol. The van der Waals surface area contributed by atoms with E-state index in [0.29, 0.717) is 11.6 Å². The zero-order valence-electron chi connectivity index (χ0n) is 19.9. The van der Waals surface area contributed by atoms with Crippen LogP contribution in [0, 0.1) is 13.8 Å². The first-order valence-electron chi connectivity index (χ1n) is 11.3. The third kappa shape index (κ3) is 6.81. The van der Waals surface area contributed by atoms with E-state index in [4.69, 9.17) is 0 Å². The van der Waals surface area contributed by atoms with Crippen molar-refractivity contribution in [2.75, 3.05) is 10.6 Å². The fraction of sp³-hybridized carbons (Fsp3) is 0.179. The van der Waals surface area contributed by atoms with Gasteiger partial charge >= 0.3 is 0 Å². The SMILES string of the molecule is Cc1ccc(-c2nc(NC(=O)C(C)Sc3ccc(NC(=O)Cc4ccccc4)cc3)sc2C)cc1. The molecule has 1 atom stereocenters. The van der Waals surface area contributed by atoms with Crippen LogP contribution in [0.1, 0.15) is 22.9 Å². The molecule has 0 aliphatic carbocycles. The van der Waals surface area contributed by atoms with Gasteiger partial charge in [-0.15, -0.1) is 23.1 Å². The largest absolute Gasteiger partial charge is 0.326 e. The van der Waals surface area contributed by atoms with E-state index < -0.39 is 0 Å². The standard InChI is InChI=1S/C28H27N3O2S2/c1-18-9-11-22(12-10-18)26-19(2)35-28(30-26)31-27(33)20(3)34-24-15-13-23(14-16-24)29-25(32)17-21-7-5-4-6-8-21/h4-16,20H,17H2,1-3H3,(H,29,32)(H,30,31,33). The predicted molar refractivity (Wildman–Crippen MR) is 146 cm³/mol. The molecule has 178 valence electrons. The molecule has 0 aliphatic heterocycles. The fourth-order valence-electron chi connectivity index (χ4n) is 3.50. The molecule has 0 aliphatic rings. The highest BCUT2D eigenvalue weighted by Crippen LogP contribution is 2.31. The summed E-state index contributed by atoms with van der Waals surface area (Å²) in [5.41, 5.74) is 4.84. The Bertz CT molecular complexity index is 1300. The second kappa shape index (κ2) is 11.3. The number of aromatic nitrogens is 1. The number of amides is 2. The topological polar surface area (TPSA) is 71.1 Å².